The van der Waals surface area contributed by atoms with Crippen molar-refractivity contribution < 1.29 is 14.7 Å². The number of nitrogens with zero attached hydrogens (tertiary/aromatic N) is 1. The molecule has 1 saturated heterocycles. The van der Waals surface area contributed by atoms with Gasteiger partial charge in [0.1, 0.15) is 4.32 Å². The summed E-state index contributed by atoms with van der Waals surface area (Å²) >= 11 is 6.35. The van der Waals surface area contributed by atoms with Crippen molar-refractivity contribution in [3.05, 3.63) is 0 Å². The van der Waals surface area contributed by atoms with Crippen LogP contribution in [-0.4, -0.2) is 38.0 Å². The van der Waals surface area contributed by atoms with Crippen molar-refractivity contribution in [1.29, 1.82) is 0 Å². The van der Waals surface area contributed by atoms with Gasteiger partial charge < -0.3 is 5.11 Å². The topological polar surface area (TPSA) is 57.6 Å². The molecule has 0 aromatic carbocycles. The zero-order valence-corrected chi connectivity index (χ0v) is 9.36. The lowest BCUT2D eigenvalue weighted by molar-refractivity contribution is -0.137. The maximum absolute atomic E-state index is 11.5. The first-order valence-corrected chi connectivity index (χ1v) is 5.55. The number of hydrogen-bond acceptors (Lipinski definition) is 4. The second kappa shape index (κ2) is 4.75. The Hall–Kier alpha value is -0.620. The number of carbonyl (C=O) groups excluding carboxylic acids is 1. The molecule has 78 valence electrons. The van der Waals surface area contributed by atoms with Crippen molar-refractivity contribution in [1.82, 2.24) is 4.90 Å². The quantitative estimate of drug-likeness (QED) is 0.737. The highest BCUT2D eigenvalue weighted by Crippen LogP contribution is 2.26. The average Bonchev–Trinajstić information content (AvgIpc) is 2.31. The van der Waals surface area contributed by atoms with Crippen molar-refractivity contribution >= 4 is 40.2 Å². The van der Waals surface area contributed by atoms with Crippen LogP contribution in [0.1, 0.15) is 19.8 Å². The Labute approximate surface area is 91.6 Å². The highest BCUT2D eigenvalue weighted by atomic mass is 32.2. The van der Waals surface area contributed by atoms with Crippen LogP contribution in [0.4, 0.5) is 0 Å². The van der Waals surface area contributed by atoms with Crippen LogP contribution in [-0.2, 0) is 9.59 Å². The molecule has 0 spiro atoms. The van der Waals surface area contributed by atoms with Gasteiger partial charge in [-0.2, -0.15) is 0 Å². The Morgan fingerprint density at radius 1 is 1.71 bits per heavy atom. The number of thioether (sulfide) groups is 1. The average molecular weight is 233 g/mol. The van der Waals surface area contributed by atoms with E-state index in [9.17, 15) is 9.59 Å². The number of rotatable bonds is 4. The number of aliphatic carboxylic acids is 1. The van der Waals surface area contributed by atoms with Gasteiger partial charge in [-0.25, -0.2) is 0 Å². The van der Waals surface area contributed by atoms with Crippen LogP contribution in [0.15, 0.2) is 0 Å². The minimum Gasteiger partial charge on any atom is -0.481 e. The first-order valence-electron chi connectivity index (χ1n) is 4.26. The van der Waals surface area contributed by atoms with Gasteiger partial charge in [-0.05, 0) is 13.3 Å². The summed E-state index contributed by atoms with van der Waals surface area (Å²) in [5.74, 6) is -0.853. The molecule has 1 N–H and O–H groups in total. The highest BCUT2D eigenvalue weighted by Gasteiger charge is 2.32. The SMILES string of the molecule is CC1SC(=S)N(CCCC(=O)O)C1=O. The fourth-order valence-electron chi connectivity index (χ4n) is 1.16. The predicted molar refractivity (Wildman–Crippen MR) is 58.2 cm³/mol. The zero-order valence-electron chi connectivity index (χ0n) is 7.73. The van der Waals surface area contributed by atoms with Gasteiger partial charge in [-0.15, -0.1) is 0 Å². The highest BCUT2D eigenvalue weighted by molar-refractivity contribution is 8.24. The molecule has 6 heteroatoms. The number of hydrogen-bond donors (Lipinski definition) is 1. The number of amides is 1. The van der Waals surface area contributed by atoms with Gasteiger partial charge in [-0.1, -0.05) is 24.0 Å². The van der Waals surface area contributed by atoms with E-state index >= 15 is 0 Å². The van der Waals surface area contributed by atoms with E-state index < -0.39 is 5.97 Å². The van der Waals surface area contributed by atoms with E-state index in [0.717, 1.165) is 0 Å². The van der Waals surface area contributed by atoms with Crippen molar-refractivity contribution in [3.63, 3.8) is 0 Å². The van der Waals surface area contributed by atoms with E-state index in [1.54, 1.807) is 6.92 Å². The number of carboxylic acids is 1. The van der Waals surface area contributed by atoms with E-state index in [-0.39, 0.29) is 17.6 Å². The van der Waals surface area contributed by atoms with Gasteiger partial charge in [0.25, 0.3) is 0 Å². The second-order valence-corrected chi connectivity index (χ2v) is 4.99. The van der Waals surface area contributed by atoms with Crippen LogP contribution in [0, 0.1) is 0 Å². The van der Waals surface area contributed by atoms with Crippen molar-refractivity contribution in [3.8, 4) is 0 Å². The van der Waals surface area contributed by atoms with E-state index in [1.807, 2.05) is 0 Å². The largest absolute Gasteiger partial charge is 0.481 e. The molecular formula is C8H11NO3S2. The van der Waals surface area contributed by atoms with E-state index in [1.165, 1.54) is 16.7 Å². The van der Waals surface area contributed by atoms with Gasteiger partial charge in [0.05, 0.1) is 5.25 Å². The summed E-state index contributed by atoms with van der Waals surface area (Å²) in [5, 5.41) is 8.31. The smallest absolute Gasteiger partial charge is 0.303 e. The van der Waals surface area contributed by atoms with Crippen LogP contribution in [0.5, 0.6) is 0 Å². The van der Waals surface area contributed by atoms with Gasteiger partial charge in [0.15, 0.2) is 0 Å². The Kier molecular flexibility index (Phi) is 3.88. The van der Waals surface area contributed by atoms with Gasteiger partial charge >= 0.3 is 5.97 Å². The van der Waals surface area contributed by atoms with E-state index in [4.69, 9.17) is 17.3 Å². The fourth-order valence-corrected chi connectivity index (χ4v) is 2.62. The summed E-state index contributed by atoms with van der Waals surface area (Å²) in [6.07, 6.45) is 0.528. The minimum atomic E-state index is -0.844. The van der Waals surface area contributed by atoms with Gasteiger partial charge in [0.2, 0.25) is 5.91 Å². The fraction of sp³-hybridized carbons (Fsp3) is 0.625. The van der Waals surface area contributed by atoms with Crippen molar-refractivity contribution in [2.75, 3.05) is 6.54 Å². The van der Waals surface area contributed by atoms with Crippen LogP contribution < -0.4 is 0 Å². The summed E-state index contributed by atoms with van der Waals surface area (Å²) in [6, 6.07) is 0. The van der Waals surface area contributed by atoms with Crippen LogP contribution in [0.3, 0.4) is 0 Å². The molecule has 1 atom stereocenters. The molecule has 0 saturated carbocycles. The maximum Gasteiger partial charge on any atom is 0.303 e. The number of thiocarbonyl (C=S) groups is 1. The molecule has 1 aliphatic heterocycles. The predicted octanol–water partition coefficient (Wildman–Crippen LogP) is 1.10. The Balaban J connectivity index is 2.41. The molecular weight excluding hydrogens is 222 g/mol. The molecule has 1 aliphatic rings. The summed E-state index contributed by atoms with van der Waals surface area (Å²) in [7, 11) is 0. The Bertz CT molecular complexity index is 280. The molecule has 1 fully saturated rings. The second-order valence-electron chi connectivity index (χ2n) is 3.01. The summed E-state index contributed by atoms with van der Waals surface area (Å²) in [6.45, 7) is 2.22. The third-order valence-electron chi connectivity index (χ3n) is 1.88. The summed E-state index contributed by atoms with van der Waals surface area (Å²) < 4.78 is 0.563. The molecule has 1 unspecified atom stereocenters. The summed E-state index contributed by atoms with van der Waals surface area (Å²) in [5.41, 5.74) is 0. The monoisotopic (exact) mass is 233 g/mol. The van der Waals surface area contributed by atoms with E-state index in [2.05, 4.69) is 0 Å². The summed E-state index contributed by atoms with van der Waals surface area (Å²) in [4.78, 5) is 23.2. The molecule has 1 heterocycles. The Morgan fingerprint density at radius 2 is 2.36 bits per heavy atom. The maximum atomic E-state index is 11.5. The molecule has 0 aliphatic carbocycles. The first kappa shape index (κ1) is 11.5. The normalized spacial score (nSPS) is 21.8. The molecule has 1 amide bonds. The molecule has 0 aromatic rings. The van der Waals surface area contributed by atoms with Crippen LogP contribution >= 0.6 is 24.0 Å². The Morgan fingerprint density at radius 3 is 2.79 bits per heavy atom. The lowest BCUT2D eigenvalue weighted by atomic mass is 10.3. The van der Waals surface area contributed by atoms with Gasteiger partial charge in [-0.3, -0.25) is 14.5 Å². The van der Waals surface area contributed by atoms with Crippen LogP contribution in [0.2, 0.25) is 0 Å². The molecule has 0 bridgehead atoms. The first-order chi connectivity index (χ1) is 6.52. The molecule has 4 nitrogen and oxygen atoms in total. The van der Waals surface area contributed by atoms with Crippen molar-refractivity contribution in [2.45, 2.75) is 25.0 Å². The lowest BCUT2D eigenvalue weighted by Gasteiger charge is -2.13. The zero-order chi connectivity index (χ0) is 10.7. The minimum absolute atomic E-state index is 0.00890. The molecule has 0 aromatic heterocycles. The number of carbonyl (C=O) groups is 2. The lowest BCUT2D eigenvalue weighted by Crippen LogP contribution is -2.31. The molecule has 0 radical (unpaired) electrons. The molecule has 1 rings (SSSR count). The van der Waals surface area contributed by atoms with Gasteiger partial charge in [0, 0.05) is 13.0 Å². The van der Waals surface area contributed by atoms with Crippen molar-refractivity contribution in [2.24, 2.45) is 0 Å². The van der Waals surface area contributed by atoms with E-state index in [0.29, 0.717) is 17.3 Å². The third kappa shape index (κ3) is 2.68. The standard InChI is InChI=1S/C8H11NO3S2/c1-5-7(12)9(8(13)14-5)4-2-3-6(10)11/h5H,2-4H2,1H3,(H,10,11). The number of carboxylic acid groups (broad SMARTS) is 1. The molecule has 14 heavy (non-hydrogen) atoms. The third-order valence-corrected chi connectivity index (χ3v) is 3.37. The van der Waals surface area contributed by atoms with Crippen LogP contribution in [0.25, 0.3) is 0 Å².